The average Bonchev–Trinajstić information content (AvgIpc) is 2.37. The van der Waals surface area contributed by atoms with E-state index in [-0.39, 0.29) is 11.5 Å². The summed E-state index contributed by atoms with van der Waals surface area (Å²) in [5.74, 6) is 0.682. The van der Waals surface area contributed by atoms with E-state index >= 15 is 0 Å². The third-order valence-electron chi connectivity index (χ3n) is 4.02. The molecule has 2 atom stereocenters. The number of aromatic nitrogens is 2. The van der Waals surface area contributed by atoms with Gasteiger partial charge < -0.3 is 15.2 Å². The molecule has 1 aromatic rings. The molecule has 2 rings (SSSR count). The van der Waals surface area contributed by atoms with Crippen molar-refractivity contribution in [2.45, 2.75) is 38.9 Å². The van der Waals surface area contributed by atoms with Crippen LogP contribution in [0.3, 0.4) is 0 Å². The van der Waals surface area contributed by atoms with Crippen LogP contribution in [-0.2, 0) is 4.74 Å². The summed E-state index contributed by atoms with van der Waals surface area (Å²) < 4.78 is 5.62. The zero-order valence-electron chi connectivity index (χ0n) is 11.2. The second-order valence-corrected chi connectivity index (χ2v) is 5.35. The molecule has 100 valence electrons. The molecule has 0 amide bonds. The van der Waals surface area contributed by atoms with Gasteiger partial charge in [0, 0.05) is 37.4 Å². The van der Waals surface area contributed by atoms with Crippen molar-refractivity contribution < 1.29 is 9.84 Å². The summed E-state index contributed by atoms with van der Waals surface area (Å²) in [6, 6.07) is 0. The second kappa shape index (κ2) is 4.82. The Kier molecular flexibility index (Phi) is 3.54. The summed E-state index contributed by atoms with van der Waals surface area (Å²) in [7, 11) is 0. The highest BCUT2D eigenvalue weighted by molar-refractivity contribution is 5.32. The maximum atomic E-state index is 10.6. The first-order valence-corrected chi connectivity index (χ1v) is 6.33. The number of nitrogens with one attached hydrogen (secondary N) is 1. The molecule has 0 aromatic carbocycles. The first kappa shape index (κ1) is 13.2. The lowest BCUT2D eigenvalue weighted by Gasteiger charge is -2.58. The van der Waals surface area contributed by atoms with Crippen LogP contribution in [0.2, 0.25) is 0 Å². The molecule has 1 aromatic heterocycles. The van der Waals surface area contributed by atoms with E-state index in [0.717, 1.165) is 0 Å². The van der Waals surface area contributed by atoms with Crippen molar-refractivity contribution in [2.24, 2.45) is 5.41 Å². The molecular formula is C13H21N3O2. The SMILES string of the molecule is CCOC1CC(O)(CNc2cnccn2)C1(C)C. The van der Waals surface area contributed by atoms with Crippen molar-refractivity contribution in [1.82, 2.24) is 9.97 Å². The zero-order valence-corrected chi connectivity index (χ0v) is 11.2. The van der Waals surface area contributed by atoms with E-state index in [0.29, 0.717) is 25.4 Å². The number of anilines is 1. The lowest BCUT2D eigenvalue weighted by atomic mass is 9.56. The monoisotopic (exact) mass is 251 g/mol. The van der Waals surface area contributed by atoms with Crippen molar-refractivity contribution in [1.29, 1.82) is 0 Å². The van der Waals surface area contributed by atoms with Crippen LogP contribution in [-0.4, -0.2) is 39.9 Å². The quantitative estimate of drug-likeness (QED) is 0.829. The van der Waals surface area contributed by atoms with Gasteiger partial charge in [-0.05, 0) is 6.92 Å². The lowest BCUT2D eigenvalue weighted by molar-refractivity contribution is -0.233. The first-order chi connectivity index (χ1) is 8.49. The second-order valence-electron chi connectivity index (χ2n) is 5.35. The number of aliphatic hydroxyl groups is 1. The summed E-state index contributed by atoms with van der Waals surface area (Å²) in [6.45, 7) is 7.19. The van der Waals surface area contributed by atoms with Crippen LogP contribution in [0.25, 0.3) is 0 Å². The third-order valence-corrected chi connectivity index (χ3v) is 4.02. The van der Waals surface area contributed by atoms with Gasteiger partial charge in [0.2, 0.25) is 0 Å². The standard InChI is InChI=1S/C13H21N3O2/c1-4-18-10-7-13(17,12(10,2)3)9-16-11-8-14-5-6-15-11/h5-6,8,10,17H,4,7,9H2,1-3H3,(H,15,16). The topological polar surface area (TPSA) is 67.3 Å². The maximum Gasteiger partial charge on any atom is 0.144 e. The van der Waals surface area contributed by atoms with Gasteiger partial charge in [-0.2, -0.15) is 0 Å². The van der Waals surface area contributed by atoms with Crippen LogP contribution in [0.1, 0.15) is 27.2 Å². The van der Waals surface area contributed by atoms with Gasteiger partial charge in [0.15, 0.2) is 0 Å². The first-order valence-electron chi connectivity index (χ1n) is 6.33. The molecule has 1 fully saturated rings. The minimum absolute atomic E-state index is 0.121. The Labute approximate surface area is 108 Å². The Morgan fingerprint density at radius 3 is 2.83 bits per heavy atom. The summed E-state index contributed by atoms with van der Waals surface area (Å²) in [5, 5.41) is 13.7. The molecule has 0 radical (unpaired) electrons. The average molecular weight is 251 g/mol. The Morgan fingerprint density at radius 2 is 2.28 bits per heavy atom. The number of ether oxygens (including phenoxy) is 1. The number of hydrogen-bond donors (Lipinski definition) is 2. The normalized spacial score (nSPS) is 29.7. The maximum absolute atomic E-state index is 10.6. The highest BCUT2D eigenvalue weighted by Gasteiger charge is 2.59. The van der Waals surface area contributed by atoms with E-state index in [4.69, 9.17) is 4.74 Å². The van der Waals surface area contributed by atoms with Crippen LogP contribution in [0.15, 0.2) is 18.6 Å². The Bertz CT molecular complexity index is 396. The predicted octanol–water partition coefficient (Wildman–Crippen LogP) is 1.45. The van der Waals surface area contributed by atoms with Gasteiger partial charge in [0.25, 0.3) is 0 Å². The molecule has 5 nitrogen and oxygen atoms in total. The molecule has 0 aliphatic heterocycles. The summed E-state index contributed by atoms with van der Waals surface area (Å²) in [5.41, 5.74) is -1.01. The highest BCUT2D eigenvalue weighted by atomic mass is 16.5. The molecule has 5 heteroatoms. The molecule has 0 saturated heterocycles. The molecule has 2 unspecified atom stereocenters. The van der Waals surface area contributed by atoms with Crippen LogP contribution < -0.4 is 5.32 Å². The van der Waals surface area contributed by atoms with Crippen LogP contribution in [0, 0.1) is 5.41 Å². The fourth-order valence-corrected chi connectivity index (χ4v) is 2.39. The smallest absolute Gasteiger partial charge is 0.144 e. The predicted molar refractivity (Wildman–Crippen MR) is 69.3 cm³/mol. The van der Waals surface area contributed by atoms with Crippen LogP contribution in [0.5, 0.6) is 0 Å². The molecule has 1 aliphatic carbocycles. The van der Waals surface area contributed by atoms with E-state index in [1.54, 1.807) is 18.6 Å². The van der Waals surface area contributed by atoms with Gasteiger partial charge in [-0.3, -0.25) is 4.98 Å². The van der Waals surface area contributed by atoms with E-state index in [1.807, 2.05) is 20.8 Å². The summed E-state index contributed by atoms with van der Waals surface area (Å²) in [6.07, 6.45) is 5.67. The molecule has 2 N–H and O–H groups in total. The van der Waals surface area contributed by atoms with E-state index in [2.05, 4.69) is 15.3 Å². The van der Waals surface area contributed by atoms with Crippen molar-refractivity contribution >= 4 is 5.82 Å². The third kappa shape index (κ3) is 2.20. The number of hydrogen-bond acceptors (Lipinski definition) is 5. The molecular weight excluding hydrogens is 230 g/mol. The zero-order chi connectivity index (χ0) is 13.2. The van der Waals surface area contributed by atoms with E-state index in [9.17, 15) is 5.11 Å². The van der Waals surface area contributed by atoms with Crippen molar-refractivity contribution in [3.8, 4) is 0 Å². The van der Waals surface area contributed by atoms with Gasteiger partial charge in [-0.25, -0.2) is 4.98 Å². The fraction of sp³-hybridized carbons (Fsp3) is 0.692. The largest absolute Gasteiger partial charge is 0.387 e. The number of nitrogens with zero attached hydrogens (tertiary/aromatic N) is 2. The van der Waals surface area contributed by atoms with E-state index < -0.39 is 5.60 Å². The Hall–Kier alpha value is -1.20. The Morgan fingerprint density at radius 1 is 1.50 bits per heavy atom. The molecule has 0 spiro atoms. The van der Waals surface area contributed by atoms with Crippen LogP contribution in [0.4, 0.5) is 5.82 Å². The van der Waals surface area contributed by atoms with Gasteiger partial charge in [-0.15, -0.1) is 0 Å². The van der Waals surface area contributed by atoms with E-state index in [1.165, 1.54) is 0 Å². The molecule has 0 bridgehead atoms. The molecule has 1 saturated carbocycles. The molecule has 1 aliphatic rings. The highest BCUT2D eigenvalue weighted by Crippen LogP contribution is 2.51. The summed E-state index contributed by atoms with van der Waals surface area (Å²) in [4.78, 5) is 8.11. The minimum Gasteiger partial charge on any atom is -0.387 e. The van der Waals surface area contributed by atoms with Gasteiger partial charge >= 0.3 is 0 Å². The van der Waals surface area contributed by atoms with Crippen LogP contribution >= 0.6 is 0 Å². The minimum atomic E-state index is -0.760. The molecule has 18 heavy (non-hydrogen) atoms. The fourth-order valence-electron chi connectivity index (χ4n) is 2.39. The molecule has 1 heterocycles. The van der Waals surface area contributed by atoms with Gasteiger partial charge in [0.05, 0.1) is 17.9 Å². The van der Waals surface area contributed by atoms with Crippen molar-refractivity contribution in [2.75, 3.05) is 18.5 Å². The van der Waals surface area contributed by atoms with Gasteiger partial charge in [0.1, 0.15) is 5.82 Å². The summed E-state index contributed by atoms with van der Waals surface area (Å²) >= 11 is 0. The lowest BCUT2D eigenvalue weighted by Crippen LogP contribution is -2.67. The number of rotatable bonds is 5. The van der Waals surface area contributed by atoms with Crippen molar-refractivity contribution in [3.63, 3.8) is 0 Å². The Balaban J connectivity index is 1.94. The van der Waals surface area contributed by atoms with Gasteiger partial charge in [-0.1, -0.05) is 13.8 Å². The van der Waals surface area contributed by atoms with Crippen molar-refractivity contribution in [3.05, 3.63) is 18.6 Å².